The highest BCUT2D eigenvalue weighted by Crippen LogP contribution is 2.23. The first-order valence-corrected chi connectivity index (χ1v) is 6.18. The van der Waals surface area contributed by atoms with Gasteiger partial charge in [0.05, 0.1) is 5.92 Å². The summed E-state index contributed by atoms with van der Waals surface area (Å²) in [5, 5.41) is 0. The minimum atomic E-state index is -0.450. The number of pyridine rings is 1. The molecule has 0 N–H and O–H groups in total. The van der Waals surface area contributed by atoms with Crippen LogP contribution in [0.1, 0.15) is 35.3 Å². The molecule has 0 spiro atoms. The van der Waals surface area contributed by atoms with Crippen molar-refractivity contribution in [3.63, 3.8) is 0 Å². The smallest absolute Gasteiger partial charge is 0.189 e. The second-order valence-electron chi connectivity index (χ2n) is 4.45. The molecule has 0 saturated heterocycles. The molecule has 2 rings (SSSR count). The van der Waals surface area contributed by atoms with Gasteiger partial charge in [-0.25, -0.2) is 0 Å². The Hall–Kier alpha value is -2.29. The largest absolute Gasteiger partial charge is 0.300 e. The van der Waals surface area contributed by atoms with Crippen LogP contribution in [-0.4, -0.2) is 16.6 Å². The van der Waals surface area contributed by atoms with Gasteiger partial charge in [-0.1, -0.05) is 36.4 Å². The minimum absolute atomic E-state index is 0.00173. The maximum absolute atomic E-state index is 12.5. The van der Waals surface area contributed by atoms with E-state index in [1.54, 1.807) is 24.4 Å². The predicted molar refractivity (Wildman–Crippen MR) is 73.0 cm³/mol. The van der Waals surface area contributed by atoms with Gasteiger partial charge in [-0.3, -0.25) is 14.6 Å². The van der Waals surface area contributed by atoms with E-state index in [1.807, 2.05) is 30.3 Å². The highest BCUT2D eigenvalue weighted by Gasteiger charge is 2.24. The standard InChI is InChI=1S/C16H15NO2/c1-12(18)11-14(13-7-3-2-4-8-13)16(19)15-9-5-6-10-17-15/h2-10,14H,11H2,1H3. The fraction of sp³-hybridized carbons (Fsp3) is 0.188. The third kappa shape index (κ3) is 3.35. The summed E-state index contributed by atoms with van der Waals surface area (Å²) in [7, 11) is 0. The quantitative estimate of drug-likeness (QED) is 0.769. The zero-order valence-corrected chi connectivity index (χ0v) is 10.7. The highest BCUT2D eigenvalue weighted by atomic mass is 16.1. The van der Waals surface area contributed by atoms with E-state index in [0.717, 1.165) is 5.56 Å². The lowest BCUT2D eigenvalue weighted by Gasteiger charge is -2.14. The van der Waals surface area contributed by atoms with E-state index in [0.29, 0.717) is 5.69 Å². The van der Waals surface area contributed by atoms with E-state index < -0.39 is 5.92 Å². The third-order valence-corrected chi connectivity index (χ3v) is 2.93. The van der Waals surface area contributed by atoms with Crippen molar-refractivity contribution in [3.8, 4) is 0 Å². The zero-order chi connectivity index (χ0) is 13.7. The Morgan fingerprint density at radius 2 is 1.74 bits per heavy atom. The Kier molecular flexibility index (Phi) is 4.18. The van der Waals surface area contributed by atoms with Gasteiger partial charge in [0.15, 0.2) is 5.78 Å². The Balaban J connectivity index is 2.33. The van der Waals surface area contributed by atoms with Crippen LogP contribution in [0.3, 0.4) is 0 Å². The summed E-state index contributed by atoms with van der Waals surface area (Å²) < 4.78 is 0. The Bertz CT molecular complexity index is 564. The van der Waals surface area contributed by atoms with Crippen molar-refractivity contribution >= 4 is 11.6 Å². The lowest BCUT2D eigenvalue weighted by Crippen LogP contribution is -2.17. The molecule has 3 nitrogen and oxygen atoms in total. The average Bonchev–Trinajstić information content (AvgIpc) is 2.46. The van der Waals surface area contributed by atoms with Crippen molar-refractivity contribution in [1.82, 2.24) is 4.98 Å². The maximum atomic E-state index is 12.5. The Morgan fingerprint density at radius 1 is 1.05 bits per heavy atom. The lowest BCUT2D eigenvalue weighted by atomic mass is 9.88. The first-order valence-electron chi connectivity index (χ1n) is 6.18. The number of ketones is 2. The second-order valence-corrected chi connectivity index (χ2v) is 4.45. The normalized spacial score (nSPS) is 11.8. The van der Waals surface area contributed by atoms with Gasteiger partial charge >= 0.3 is 0 Å². The van der Waals surface area contributed by atoms with E-state index >= 15 is 0 Å². The third-order valence-electron chi connectivity index (χ3n) is 2.93. The first-order chi connectivity index (χ1) is 9.18. The van der Waals surface area contributed by atoms with Crippen LogP contribution in [0.25, 0.3) is 0 Å². The van der Waals surface area contributed by atoms with Crippen molar-refractivity contribution < 1.29 is 9.59 Å². The summed E-state index contributed by atoms with van der Waals surface area (Å²) in [6.45, 7) is 1.50. The molecule has 0 aliphatic heterocycles. The van der Waals surface area contributed by atoms with Gasteiger partial charge in [0.1, 0.15) is 11.5 Å². The van der Waals surface area contributed by atoms with Crippen molar-refractivity contribution in [1.29, 1.82) is 0 Å². The molecule has 1 unspecified atom stereocenters. The van der Waals surface area contributed by atoms with E-state index in [4.69, 9.17) is 0 Å². The molecule has 0 aliphatic carbocycles. The summed E-state index contributed by atoms with van der Waals surface area (Å²) in [6.07, 6.45) is 1.79. The number of carbonyl (C=O) groups is 2. The van der Waals surface area contributed by atoms with Gasteiger partial charge in [-0.05, 0) is 24.6 Å². The molecule has 1 atom stereocenters. The number of hydrogen-bond donors (Lipinski definition) is 0. The number of Topliss-reactive ketones (excluding diaryl/α,β-unsaturated/α-hetero) is 2. The lowest BCUT2D eigenvalue weighted by molar-refractivity contribution is -0.117. The average molecular weight is 253 g/mol. The van der Waals surface area contributed by atoms with E-state index in [-0.39, 0.29) is 18.0 Å². The summed E-state index contributed by atoms with van der Waals surface area (Å²) in [5.74, 6) is -0.561. The van der Waals surface area contributed by atoms with Crippen LogP contribution in [0.4, 0.5) is 0 Å². The Labute approximate surface area is 112 Å². The maximum Gasteiger partial charge on any atom is 0.189 e. The predicted octanol–water partition coefficient (Wildman–Crippen LogP) is 3.03. The molecule has 1 aromatic carbocycles. The second kappa shape index (κ2) is 6.05. The summed E-state index contributed by atoms with van der Waals surface area (Å²) in [4.78, 5) is 27.9. The van der Waals surface area contributed by atoms with Crippen LogP contribution >= 0.6 is 0 Å². The van der Waals surface area contributed by atoms with E-state index in [2.05, 4.69) is 4.98 Å². The highest BCUT2D eigenvalue weighted by molar-refractivity contribution is 6.01. The number of nitrogens with zero attached hydrogens (tertiary/aromatic N) is 1. The molecule has 1 heterocycles. The van der Waals surface area contributed by atoms with Gasteiger partial charge in [0.25, 0.3) is 0 Å². The molecule has 0 radical (unpaired) electrons. The summed E-state index contributed by atoms with van der Waals surface area (Å²) in [6, 6.07) is 14.6. The van der Waals surface area contributed by atoms with E-state index in [1.165, 1.54) is 6.92 Å². The van der Waals surface area contributed by atoms with Crippen molar-refractivity contribution in [2.75, 3.05) is 0 Å². The van der Waals surface area contributed by atoms with Gasteiger partial charge in [-0.15, -0.1) is 0 Å². The number of rotatable bonds is 5. The van der Waals surface area contributed by atoms with Crippen LogP contribution in [-0.2, 0) is 4.79 Å². The molecule has 19 heavy (non-hydrogen) atoms. The van der Waals surface area contributed by atoms with Crippen LogP contribution in [0.2, 0.25) is 0 Å². The Morgan fingerprint density at radius 3 is 2.32 bits per heavy atom. The van der Waals surface area contributed by atoms with Crippen LogP contribution in [0.5, 0.6) is 0 Å². The van der Waals surface area contributed by atoms with Gasteiger partial charge in [0.2, 0.25) is 0 Å². The fourth-order valence-corrected chi connectivity index (χ4v) is 2.02. The number of carbonyl (C=O) groups excluding carboxylic acids is 2. The molecule has 0 fully saturated rings. The van der Waals surface area contributed by atoms with Gasteiger partial charge in [0, 0.05) is 12.6 Å². The molecular formula is C16H15NO2. The molecule has 3 heteroatoms. The number of hydrogen-bond acceptors (Lipinski definition) is 3. The van der Waals surface area contributed by atoms with Crippen LogP contribution in [0, 0.1) is 0 Å². The van der Waals surface area contributed by atoms with Crippen molar-refractivity contribution in [2.45, 2.75) is 19.3 Å². The van der Waals surface area contributed by atoms with Crippen LogP contribution in [0.15, 0.2) is 54.7 Å². The molecule has 0 bridgehead atoms. The van der Waals surface area contributed by atoms with E-state index in [9.17, 15) is 9.59 Å². The molecule has 96 valence electrons. The van der Waals surface area contributed by atoms with Gasteiger partial charge in [-0.2, -0.15) is 0 Å². The number of aromatic nitrogens is 1. The fourth-order valence-electron chi connectivity index (χ4n) is 2.02. The molecule has 2 aromatic rings. The zero-order valence-electron chi connectivity index (χ0n) is 10.7. The number of benzene rings is 1. The SMILES string of the molecule is CC(=O)CC(C(=O)c1ccccn1)c1ccccc1. The minimum Gasteiger partial charge on any atom is -0.300 e. The topological polar surface area (TPSA) is 47.0 Å². The molecule has 0 saturated carbocycles. The van der Waals surface area contributed by atoms with Crippen molar-refractivity contribution in [2.24, 2.45) is 0 Å². The van der Waals surface area contributed by atoms with Gasteiger partial charge < -0.3 is 0 Å². The molecular weight excluding hydrogens is 238 g/mol. The summed E-state index contributed by atoms with van der Waals surface area (Å²) >= 11 is 0. The monoisotopic (exact) mass is 253 g/mol. The first kappa shape index (κ1) is 13.1. The molecule has 0 amide bonds. The van der Waals surface area contributed by atoms with Crippen molar-refractivity contribution in [3.05, 3.63) is 66.0 Å². The molecule has 0 aliphatic rings. The molecule has 1 aromatic heterocycles. The summed E-state index contributed by atoms with van der Waals surface area (Å²) in [5.41, 5.74) is 1.26. The van der Waals surface area contributed by atoms with Crippen LogP contribution < -0.4 is 0 Å².